The van der Waals surface area contributed by atoms with Crippen molar-refractivity contribution in [3.8, 4) is 0 Å². The Kier molecular flexibility index (Phi) is 4.46. The van der Waals surface area contributed by atoms with Crippen molar-refractivity contribution in [1.82, 2.24) is 10.2 Å². The molecule has 0 saturated carbocycles. The molecule has 0 bridgehead atoms. The average molecular weight is 250 g/mol. The van der Waals surface area contributed by atoms with Crippen LogP contribution in [0.1, 0.15) is 44.8 Å². The summed E-state index contributed by atoms with van der Waals surface area (Å²) in [5.74, 6) is 2.79. The van der Waals surface area contributed by atoms with E-state index in [2.05, 4.69) is 43.1 Å². The first kappa shape index (κ1) is 13.6. The molecule has 0 amide bonds. The second kappa shape index (κ2) is 5.89. The summed E-state index contributed by atoms with van der Waals surface area (Å²) in [6.07, 6.45) is 1.21. The van der Waals surface area contributed by atoms with Gasteiger partial charge in [0.1, 0.15) is 11.5 Å². The maximum Gasteiger partial charge on any atom is 0.121 e. The van der Waals surface area contributed by atoms with Crippen LogP contribution in [0.2, 0.25) is 0 Å². The van der Waals surface area contributed by atoms with Gasteiger partial charge in [-0.2, -0.15) is 0 Å². The van der Waals surface area contributed by atoms with Gasteiger partial charge < -0.3 is 9.73 Å². The van der Waals surface area contributed by atoms with Crippen molar-refractivity contribution in [2.75, 3.05) is 19.6 Å². The molecule has 18 heavy (non-hydrogen) atoms. The lowest BCUT2D eigenvalue weighted by molar-refractivity contribution is 0.141. The molecule has 3 unspecified atom stereocenters. The molecule has 1 N–H and O–H groups in total. The topological polar surface area (TPSA) is 28.4 Å². The highest BCUT2D eigenvalue weighted by molar-refractivity contribution is 5.09. The standard InChI is InChI=1S/C15H26N2O/c1-11-9-16-12(2)7-8-17(10-11)14(4)15-6-5-13(3)18-15/h5-6,11-12,14,16H,7-10H2,1-4H3. The second-order valence-electron chi connectivity index (χ2n) is 5.82. The van der Waals surface area contributed by atoms with Gasteiger partial charge >= 0.3 is 0 Å². The van der Waals surface area contributed by atoms with Crippen LogP contribution in [0.4, 0.5) is 0 Å². The van der Waals surface area contributed by atoms with Gasteiger partial charge in [0.25, 0.3) is 0 Å². The van der Waals surface area contributed by atoms with E-state index in [9.17, 15) is 0 Å². The molecule has 1 fully saturated rings. The lowest BCUT2D eigenvalue weighted by atomic mass is 10.0. The largest absolute Gasteiger partial charge is 0.465 e. The van der Waals surface area contributed by atoms with Gasteiger partial charge in [-0.15, -0.1) is 0 Å². The van der Waals surface area contributed by atoms with Crippen molar-refractivity contribution in [3.63, 3.8) is 0 Å². The number of furan rings is 1. The highest BCUT2D eigenvalue weighted by atomic mass is 16.3. The van der Waals surface area contributed by atoms with Gasteiger partial charge in [0.2, 0.25) is 0 Å². The maximum absolute atomic E-state index is 5.78. The molecule has 0 aromatic carbocycles. The smallest absolute Gasteiger partial charge is 0.121 e. The summed E-state index contributed by atoms with van der Waals surface area (Å²) in [6, 6.07) is 5.17. The van der Waals surface area contributed by atoms with Gasteiger partial charge in [-0.25, -0.2) is 0 Å². The van der Waals surface area contributed by atoms with Gasteiger partial charge in [0.05, 0.1) is 6.04 Å². The van der Waals surface area contributed by atoms with E-state index in [0.717, 1.165) is 31.2 Å². The summed E-state index contributed by atoms with van der Waals surface area (Å²) in [5, 5.41) is 3.59. The van der Waals surface area contributed by atoms with E-state index < -0.39 is 0 Å². The SMILES string of the molecule is Cc1ccc(C(C)N2CCC(C)NCC(C)C2)o1. The molecular formula is C15H26N2O. The Morgan fingerprint density at radius 2 is 2.17 bits per heavy atom. The number of aryl methyl sites for hydroxylation is 1. The zero-order valence-corrected chi connectivity index (χ0v) is 12.1. The maximum atomic E-state index is 5.78. The molecule has 2 heterocycles. The number of rotatable bonds is 2. The van der Waals surface area contributed by atoms with E-state index in [1.807, 2.05) is 6.92 Å². The van der Waals surface area contributed by atoms with Crippen molar-refractivity contribution in [1.29, 1.82) is 0 Å². The fourth-order valence-corrected chi connectivity index (χ4v) is 2.63. The van der Waals surface area contributed by atoms with E-state index >= 15 is 0 Å². The fourth-order valence-electron chi connectivity index (χ4n) is 2.63. The van der Waals surface area contributed by atoms with Crippen LogP contribution in [0.3, 0.4) is 0 Å². The highest BCUT2D eigenvalue weighted by Gasteiger charge is 2.23. The van der Waals surface area contributed by atoms with Crippen LogP contribution in [0.25, 0.3) is 0 Å². The molecule has 0 spiro atoms. The number of nitrogens with one attached hydrogen (secondary N) is 1. The second-order valence-corrected chi connectivity index (χ2v) is 5.82. The molecular weight excluding hydrogens is 224 g/mol. The Morgan fingerprint density at radius 3 is 2.83 bits per heavy atom. The molecule has 1 saturated heterocycles. The molecule has 2 rings (SSSR count). The normalized spacial score (nSPS) is 28.7. The predicted octanol–water partition coefficient (Wildman–Crippen LogP) is 2.97. The Bertz CT molecular complexity index is 374. The third kappa shape index (κ3) is 3.36. The summed E-state index contributed by atoms with van der Waals surface area (Å²) in [6.45, 7) is 12.3. The quantitative estimate of drug-likeness (QED) is 0.874. The minimum atomic E-state index is 0.381. The molecule has 3 nitrogen and oxygen atoms in total. The lowest BCUT2D eigenvalue weighted by Gasteiger charge is -2.34. The Hall–Kier alpha value is -0.800. The van der Waals surface area contributed by atoms with Crippen molar-refractivity contribution in [2.45, 2.75) is 46.2 Å². The molecule has 1 aliphatic heterocycles. The van der Waals surface area contributed by atoms with Gasteiger partial charge in [-0.05, 0) is 51.8 Å². The summed E-state index contributed by atoms with van der Waals surface area (Å²) in [4.78, 5) is 2.56. The number of nitrogens with zero attached hydrogens (tertiary/aromatic N) is 1. The first-order chi connectivity index (χ1) is 8.56. The lowest BCUT2D eigenvalue weighted by Crippen LogP contribution is -2.43. The summed E-state index contributed by atoms with van der Waals surface area (Å²) < 4.78 is 5.78. The third-order valence-corrected chi connectivity index (χ3v) is 3.93. The van der Waals surface area contributed by atoms with E-state index in [0.29, 0.717) is 18.0 Å². The van der Waals surface area contributed by atoms with E-state index in [1.165, 1.54) is 6.42 Å². The van der Waals surface area contributed by atoms with Crippen LogP contribution in [0.5, 0.6) is 0 Å². The predicted molar refractivity (Wildman–Crippen MR) is 74.7 cm³/mol. The third-order valence-electron chi connectivity index (χ3n) is 3.93. The van der Waals surface area contributed by atoms with Crippen molar-refractivity contribution >= 4 is 0 Å². The van der Waals surface area contributed by atoms with Gasteiger partial charge in [-0.1, -0.05) is 6.92 Å². The Morgan fingerprint density at radius 1 is 1.39 bits per heavy atom. The molecule has 0 aliphatic carbocycles. The molecule has 1 aromatic rings. The molecule has 3 heteroatoms. The van der Waals surface area contributed by atoms with Crippen LogP contribution in [0.15, 0.2) is 16.5 Å². The molecule has 1 aromatic heterocycles. The van der Waals surface area contributed by atoms with Crippen molar-refractivity contribution < 1.29 is 4.42 Å². The van der Waals surface area contributed by atoms with E-state index in [1.54, 1.807) is 0 Å². The van der Waals surface area contributed by atoms with Crippen LogP contribution >= 0.6 is 0 Å². The fraction of sp³-hybridized carbons (Fsp3) is 0.733. The molecule has 1 aliphatic rings. The zero-order chi connectivity index (χ0) is 13.1. The Labute approximate surface area is 111 Å². The van der Waals surface area contributed by atoms with E-state index in [-0.39, 0.29) is 0 Å². The molecule has 102 valence electrons. The number of hydrogen-bond donors (Lipinski definition) is 1. The van der Waals surface area contributed by atoms with E-state index in [4.69, 9.17) is 4.42 Å². The highest BCUT2D eigenvalue weighted by Crippen LogP contribution is 2.24. The first-order valence-corrected chi connectivity index (χ1v) is 7.10. The first-order valence-electron chi connectivity index (χ1n) is 7.10. The molecule has 3 atom stereocenters. The summed E-state index contributed by atoms with van der Waals surface area (Å²) in [7, 11) is 0. The monoisotopic (exact) mass is 250 g/mol. The van der Waals surface area contributed by atoms with Crippen molar-refractivity contribution in [3.05, 3.63) is 23.7 Å². The van der Waals surface area contributed by atoms with Gasteiger partial charge in [-0.3, -0.25) is 4.90 Å². The molecule has 0 radical (unpaired) electrons. The Balaban J connectivity index is 2.05. The van der Waals surface area contributed by atoms with Crippen molar-refractivity contribution in [2.24, 2.45) is 5.92 Å². The van der Waals surface area contributed by atoms with Gasteiger partial charge in [0, 0.05) is 19.1 Å². The van der Waals surface area contributed by atoms with Crippen LogP contribution < -0.4 is 5.32 Å². The van der Waals surface area contributed by atoms with Crippen LogP contribution in [-0.4, -0.2) is 30.6 Å². The van der Waals surface area contributed by atoms with Crippen LogP contribution in [0, 0.1) is 12.8 Å². The average Bonchev–Trinajstić information content (AvgIpc) is 2.75. The summed E-state index contributed by atoms with van der Waals surface area (Å²) >= 11 is 0. The van der Waals surface area contributed by atoms with Gasteiger partial charge in [0.15, 0.2) is 0 Å². The zero-order valence-electron chi connectivity index (χ0n) is 12.1. The van der Waals surface area contributed by atoms with Crippen LogP contribution in [-0.2, 0) is 0 Å². The minimum Gasteiger partial charge on any atom is -0.465 e. The summed E-state index contributed by atoms with van der Waals surface area (Å²) in [5.41, 5.74) is 0. The number of hydrogen-bond acceptors (Lipinski definition) is 3. The minimum absolute atomic E-state index is 0.381.